The average molecular weight is 541 g/mol. The predicted molar refractivity (Wildman–Crippen MR) is 126 cm³/mol. The van der Waals surface area contributed by atoms with Gasteiger partial charge in [0.1, 0.15) is 43.2 Å². The van der Waals surface area contributed by atoms with Crippen molar-refractivity contribution in [2.24, 2.45) is 0 Å². The zero-order valence-corrected chi connectivity index (χ0v) is 21.4. The molecule has 2 rings (SSSR count). The molecule has 0 aromatic heterocycles. The van der Waals surface area contributed by atoms with Crippen molar-refractivity contribution in [2.75, 3.05) is 19.8 Å². The molecule has 1 unspecified atom stereocenters. The van der Waals surface area contributed by atoms with E-state index in [2.05, 4.69) is 6.92 Å². The third-order valence-electron chi connectivity index (χ3n) is 6.87. The number of aliphatic hydroxyl groups excluding tert-OH is 8. The van der Waals surface area contributed by atoms with Crippen LogP contribution in [0.3, 0.4) is 0 Å². The Labute approximate surface area is 216 Å². The first-order chi connectivity index (χ1) is 17.6. The third kappa shape index (κ3) is 7.79. The third-order valence-corrected chi connectivity index (χ3v) is 6.87. The lowest BCUT2D eigenvalue weighted by Gasteiger charge is -2.49. The number of esters is 1. The van der Waals surface area contributed by atoms with Crippen LogP contribution in [0, 0.1) is 0 Å². The van der Waals surface area contributed by atoms with Crippen LogP contribution in [0.2, 0.25) is 0 Å². The minimum absolute atomic E-state index is 0.128. The highest BCUT2D eigenvalue weighted by molar-refractivity contribution is 5.69. The van der Waals surface area contributed by atoms with Gasteiger partial charge in [0.2, 0.25) is 5.79 Å². The van der Waals surface area contributed by atoms with E-state index in [0.717, 1.165) is 32.1 Å². The molecule has 0 spiro atoms. The molecule has 13 heteroatoms. The first-order valence-electron chi connectivity index (χ1n) is 13.1. The Balaban J connectivity index is 2.11. The second kappa shape index (κ2) is 15.0. The fraction of sp³-hybridized carbons (Fsp3) is 0.958. The summed E-state index contributed by atoms with van der Waals surface area (Å²) in [6, 6.07) is 0. The zero-order valence-electron chi connectivity index (χ0n) is 21.4. The number of unbranched alkanes of at least 4 members (excludes halogenated alkanes) is 8. The molecule has 2 fully saturated rings. The molecule has 8 N–H and O–H groups in total. The molecule has 0 aliphatic carbocycles. The highest BCUT2D eigenvalue weighted by atomic mass is 16.9. The largest absolute Gasteiger partial charge is 0.405 e. The minimum atomic E-state index is -2.95. The van der Waals surface area contributed by atoms with Gasteiger partial charge in [-0.1, -0.05) is 58.3 Å². The number of carbonyl (C=O) groups excluding carboxylic acids is 1. The van der Waals surface area contributed by atoms with Crippen molar-refractivity contribution in [3.63, 3.8) is 0 Å². The molecule has 2 aliphatic rings. The predicted octanol–water partition coefficient (Wildman–Crippen LogP) is -1.60. The van der Waals surface area contributed by atoms with E-state index in [0.29, 0.717) is 6.42 Å². The first-order valence-corrected chi connectivity index (χ1v) is 13.1. The number of hydrogen-bond donors (Lipinski definition) is 8. The number of ether oxygens (including phenoxy) is 4. The number of hydrogen-bond acceptors (Lipinski definition) is 13. The van der Waals surface area contributed by atoms with Crippen LogP contribution >= 0.6 is 0 Å². The highest BCUT2D eigenvalue weighted by Gasteiger charge is 2.65. The molecule has 0 aromatic carbocycles. The Hall–Kier alpha value is -0.970. The van der Waals surface area contributed by atoms with E-state index in [-0.39, 0.29) is 6.42 Å². The SMILES string of the molecule is CCCCCCCCCCCC(=O)O[C@@]1(OC2(CO)O[C@H](CO)[C@@H](O)[C@@H]2O)O[C@H](CO)[C@@H](O)[C@H](O)[C@H]1O. The van der Waals surface area contributed by atoms with Crippen molar-refractivity contribution in [3.8, 4) is 0 Å². The summed E-state index contributed by atoms with van der Waals surface area (Å²) in [6.07, 6.45) is -4.05. The van der Waals surface area contributed by atoms with Gasteiger partial charge in [-0.05, 0) is 6.42 Å². The molecular weight excluding hydrogens is 496 g/mol. The lowest BCUT2D eigenvalue weighted by Crippen LogP contribution is -2.70. The molecule has 218 valence electrons. The van der Waals surface area contributed by atoms with Gasteiger partial charge in [-0.3, -0.25) is 9.53 Å². The van der Waals surface area contributed by atoms with Crippen LogP contribution in [-0.4, -0.2) is 121 Å². The van der Waals surface area contributed by atoms with Gasteiger partial charge in [0.15, 0.2) is 6.10 Å². The molecule has 2 saturated heterocycles. The summed E-state index contributed by atoms with van der Waals surface area (Å²) in [7, 11) is 0. The van der Waals surface area contributed by atoms with E-state index in [1.54, 1.807) is 0 Å². The van der Waals surface area contributed by atoms with E-state index in [4.69, 9.17) is 18.9 Å². The van der Waals surface area contributed by atoms with Crippen LogP contribution in [0.15, 0.2) is 0 Å². The van der Waals surface area contributed by atoms with Crippen LogP contribution in [0.1, 0.15) is 71.1 Å². The highest BCUT2D eigenvalue weighted by Crippen LogP contribution is 2.41. The summed E-state index contributed by atoms with van der Waals surface area (Å²) in [6.45, 7) is -0.667. The molecule has 2 heterocycles. The quantitative estimate of drug-likeness (QED) is 0.0629. The maximum Gasteiger partial charge on any atom is 0.362 e. The van der Waals surface area contributed by atoms with E-state index in [1.807, 2.05) is 0 Å². The van der Waals surface area contributed by atoms with Gasteiger partial charge in [0, 0.05) is 6.42 Å². The maximum absolute atomic E-state index is 12.7. The lowest BCUT2D eigenvalue weighted by molar-refractivity contribution is -0.498. The molecule has 2 aliphatic heterocycles. The van der Waals surface area contributed by atoms with Crippen LogP contribution < -0.4 is 0 Å². The van der Waals surface area contributed by atoms with E-state index < -0.39 is 80.3 Å². The van der Waals surface area contributed by atoms with Crippen molar-refractivity contribution in [3.05, 3.63) is 0 Å². The molecule has 0 amide bonds. The second-order valence-corrected chi connectivity index (χ2v) is 9.77. The van der Waals surface area contributed by atoms with Crippen molar-refractivity contribution in [2.45, 2.75) is 126 Å². The number of rotatable bonds is 16. The van der Waals surface area contributed by atoms with Crippen molar-refractivity contribution >= 4 is 5.97 Å². The summed E-state index contributed by atoms with van der Waals surface area (Å²) in [5.74, 6) is -6.44. The minimum Gasteiger partial charge on any atom is -0.405 e. The normalized spacial score (nSPS) is 38.1. The van der Waals surface area contributed by atoms with Crippen LogP contribution in [0.5, 0.6) is 0 Å². The Bertz CT molecular complexity index is 679. The van der Waals surface area contributed by atoms with Crippen LogP contribution in [-0.2, 0) is 23.7 Å². The summed E-state index contributed by atoms with van der Waals surface area (Å²) < 4.78 is 21.5. The first kappa shape index (κ1) is 32.2. The average Bonchev–Trinajstić information content (AvgIpc) is 3.13. The van der Waals surface area contributed by atoms with Gasteiger partial charge in [-0.2, -0.15) is 0 Å². The zero-order chi connectivity index (χ0) is 27.6. The van der Waals surface area contributed by atoms with Crippen molar-refractivity contribution in [1.29, 1.82) is 0 Å². The molecule has 13 nitrogen and oxygen atoms in total. The Morgan fingerprint density at radius 3 is 1.78 bits per heavy atom. The molecule has 9 atom stereocenters. The van der Waals surface area contributed by atoms with Crippen molar-refractivity contribution < 1.29 is 64.6 Å². The van der Waals surface area contributed by atoms with Gasteiger partial charge in [0.05, 0.1) is 13.2 Å². The summed E-state index contributed by atoms with van der Waals surface area (Å²) in [5, 5.41) is 80.9. The molecule has 0 saturated carbocycles. The van der Waals surface area contributed by atoms with Gasteiger partial charge < -0.3 is 55.1 Å². The Morgan fingerprint density at radius 2 is 1.27 bits per heavy atom. The Morgan fingerprint density at radius 1 is 0.730 bits per heavy atom. The van der Waals surface area contributed by atoms with Crippen molar-refractivity contribution in [1.82, 2.24) is 0 Å². The summed E-state index contributed by atoms with van der Waals surface area (Å²) in [4.78, 5) is 12.7. The fourth-order valence-electron chi connectivity index (χ4n) is 4.58. The topological polar surface area (TPSA) is 216 Å². The van der Waals surface area contributed by atoms with Gasteiger partial charge >= 0.3 is 11.9 Å². The van der Waals surface area contributed by atoms with E-state index >= 15 is 0 Å². The monoisotopic (exact) mass is 540 g/mol. The fourth-order valence-corrected chi connectivity index (χ4v) is 4.58. The summed E-state index contributed by atoms with van der Waals surface area (Å²) in [5.41, 5.74) is 0. The Kier molecular flexibility index (Phi) is 13.1. The maximum atomic E-state index is 12.7. The molecule has 37 heavy (non-hydrogen) atoms. The number of carbonyl (C=O) groups is 1. The van der Waals surface area contributed by atoms with Gasteiger partial charge in [0.25, 0.3) is 0 Å². The van der Waals surface area contributed by atoms with Crippen LogP contribution in [0.4, 0.5) is 0 Å². The number of aliphatic hydroxyl groups is 8. The summed E-state index contributed by atoms with van der Waals surface area (Å²) >= 11 is 0. The van der Waals surface area contributed by atoms with Crippen LogP contribution in [0.25, 0.3) is 0 Å². The molecule has 0 bridgehead atoms. The molecular formula is C24H44O13. The van der Waals surface area contributed by atoms with E-state index in [1.165, 1.54) is 19.3 Å². The van der Waals surface area contributed by atoms with E-state index in [9.17, 15) is 45.6 Å². The lowest BCUT2D eigenvalue weighted by atomic mass is 9.97. The molecule has 0 radical (unpaired) electrons. The standard InChI is InChI=1S/C24H44O13/c1-2-3-4-5-6-7-8-9-10-11-17(28)36-24(22(33)20(31)18(29)15(12-25)35-24)37-23(14-27)21(32)19(30)16(13-26)34-23/h15-16,18-22,25-27,29-33H,2-14H2,1H3/t15-,16-,18-,19-,20+,21+,22-,23?,24+/m1/s1. The van der Waals surface area contributed by atoms with Gasteiger partial charge in [-0.15, -0.1) is 0 Å². The molecule has 0 aromatic rings. The second-order valence-electron chi connectivity index (χ2n) is 9.77. The smallest absolute Gasteiger partial charge is 0.362 e. The van der Waals surface area contributed by atoms with Gasteiger partial charge in [-0.25, -0.2) is 0 Å².